The number of rotatable bonds is 2. The second kappa shape index (κ2) is 4.13. The lowest BCUT2D eigenvalue weighted by molar-refractivity contribution is 0.440. The third-order valence-corrected chi connectivity index (χ3v) is 2.25. The van der Waals surface area contributed by atoms with Crippen molar-refractivity contribution in [2.75, 3.05) is 14.1 Å². The predicted molar refractivity (Wildman–Crippen MR) is 65.2 cm³/mol. The van der Waals surface area contributed by atoms with Gasteiger partial charge in [-0.25, -0.2) is 0 Å². The summed E-state index contributed by atoms with van der Waals surface area (Å²) in [6.07, 6.45) is 1.89. The largest absolute Gasteiger partial charge is 0.303 e. The molecule has 0 N–H and O–H groups in total. The van der Waals surface area contributed by atoms with Gasteiger partial charge in [-0.2, -0.15) is 5.10 Å². The van der Waals surface area contributed by atoms with E-state index in [9.17, 15) is 0 Å². The highest BCUT2D eigenvalue weighted by Crippen LogP contribution is 2.16. The number of hydrogen-bond acceptors (Lipinski definition) is 2. The van der Waals surface area contributed by atoms with Crippen molar-refractivity contribution in [1.82, 2.24) is 5.01 Å². The molecule has 2 nitrogen and oxygen atoms in total. The van der Waals surface area contributed by atoms with E-state index in [-0.39, 0.29) is 0 Å². The van der Waals surface area contributed by atoms with Crippen LogP contribution in [0.4, 0.5) is 0 Å². The normalized spacial score (nSPS) is 11.1. The van der Waals surface area contributed by atoms with E-state index in [0.717, 1.165) is 5.56 Å². The molecule has 0 saturated heterocycles. The Balaban J connectivity index is 2.51. The van der Waals surface area contributed by atoms with E-state index >= 15 is 0 Å². The lowest BCUT2D eigenvalue weighted by Crippen LogP contribution is -2.02. The van der Waals surface area contributed by atoms with Crippen LogP contribution in [0.1, 0.15) is 5.56 Å². The first-order chi connectivity index (χ1) is 7.27. The molecule has 0 fully saturated rings. The number of hydrazone groups is 1. The summed E-state index contributed by atoms with van der Waals surface area (Å²) in [5.41, 5.74) is 1.15. The Hall–Kier alpha value is -1.83. The van der Waals surface area contributed by atoms with E-state index in [2.05, 4.69) is 47.6 Å². The lowest BCUT2D eigenvalue weighted by Gasteiger charge is -2.04. The van der Waals surface area contributed by atoms with Crippen molar-refractivity contribution < 1.29 is 0 Å². The van der Waals surface area contributed by atoms with Crippen LogP contribution in [0.15, 0.2) is 47.6 Å². The maximum absolute atomic E-state index is 4.25. The Morgan fingerprint density at radius 2 is 1.73 bits per heavy atom. The van der Waals surface area contributed by atoms with Crippen LogP contribution < -0.4 is 0 Å². The maximum Gasteiger partial charge on any atom is 0.0548 e. The summed E-state index contributed by atoms with van der Waals surface area (Å²) in [5, 5.41) is 8.54. The van der Waals surface area contributed by atoms with Gasteiger partial charge in [-0.05, 0) is 10.8 Å². The molecule has 0 unspecified atom stereocenters. The molecule has 0 amide bonds. The average Bonchev–Trinajstić information content (AvgIpc) is 2.26. The van der Waals surface area contributed by atoms with Crippen molar-refractivity contribution in [1.29, 1.82) is 0 Å². The van der Waals surface area contributed by atoms with Crippen molar-refractivity contribution in [3.05, 3.63) is 48.0 Å². The van der Waals surface area contributed by atoms with Crippen LogP contribution >= 0.6 is 0 Å². The highest BCUT2D eigenvalue weighted by atomic mass is 15.4. The fraction of sp³-hybridized carbons (Fsp3) is 0.154. The Bertz CT molecular complexity index is 481. The second-order valence-corrected chi connectivity index (χ2v) is 3.66. The molecule has 2 heteroatoms. The number of fused-ring (bicyclic) bond motifs is 1. The number of nitrogens with zero attached hydrogens (tertiary/aromatic N) is 2. The molecular formula is C13H14N2. The molecule has 2 aromatic carbocycles. The smallest absolute Gasteiger partial charge is 0.0548 e. The average molecular weight is 198 g/mol. The Labute approximate surface area is 89.8 Å². The van der Waals surface area contributed by atoms with Gasteiger partial charge < -0.3 is 5.01 Å². The minimum Gasteiger partial charge on any atom is -0.303 e. The molecule has 0 bridgehead atoms. The number of benzene rings is 2. The Morgan fingerprint density at radius 3 is 2.53 bits per heavy atom. The van der Waals surface area contributed by atoms with Gasteiger partial charge in [-0.3, -0.25) is 0 Å². The minimum absolute atomic E-state index is 1.15. The van der Waals surface area contributed by atoms with Gasteiger partial charge in [-0.1, -0.05) is 42.5 Å². The zero-order valence-electron chi connectivity index (χ0n) is 9.01. The van der Waals surface area contributed by atoms with Crippen LogP contribution in [-0.2, 0) is 0 Å². The molecule has 0 heterocycles. The quantitative estimate of drug-likeness (QED) is 0.535. The maximum atomic E-state index is 4.25. The van der Waals surface area contributed by atoms with E-state index in [1.54, 1.807) is 5.01 Å². The van der Waals surface area contributed by atoms with Crippen LogP contribution in [0.2, 0.25) is 0 Å². The van der Waals surface area contributed by atoms with Crippen molar-refractivity contribution in [3.8, 4) is 0 Å². The van der Waals surface area contributed by atoms with Gasteiger partial charge in [-0.15, -0.1) is 0 Å². The molecule has 0 atom stereocenters. The Kier molecular flexibility index (Phi) is 2.68. The van der Waals surface area contributed by atoms with E-state index in [1.807, 2.05) is 20.3 Å². The van der Waals surface area contributed by atoms with Crippen molar-refractivity contribution in [2.45, 2.75) is 0 Å². The fourth-order valence-electron chi connectivity index (χ4n) is 1.54. The first-order valence-electron chi connectivity index (χ1n) is 4.96. The fourth-order valence-corrected chi connectivity index (χ4v) is 1.54. The first-order valence-corrected chi connectivity index (χ1v) is 4.96. The summed E-state index contributed by atoms with van der Waals surface area (Å²) < 4.78 is 0. The highest BCUT2D eigenvalue weighted by Gasteiger charge is 1.96. The van der Waals surface area contributed by atoms with E-state index in [0.29, 0.717) is 0 Å². The molecule has 0 aliphatic heterocycles. The molecule has 2 aromatic rings. The molecule has 76 valence electrons. The number of hydrogen-bond donors (Lipinski definition) is 0. The molecule has 0 aliphatic carbocycles. The van der Waals surface area contributed by atoms with Crippen LogP contribution in [0.3, 0.4) is 0 Å². The Morgan fingerprint density at radius 1 is 1.00 bits per heavy atom. The molecule has 0 aliphatic rings. The van der Waals surface area contributed by atoms with Crippen LogP contribution in [-0.4, -0.2) is 25.3 Å². The molecule has 0 saturated carbocycles. The summed E-state index contributed by atoms with van der Waals surface area (Å²) in [6.45, 7) is 0. The molecule has 15 heavy (non-hydrogen) atoms. The van der Waals surface area contributed by atoms with Crippen LogP contribution in [0.5, 0.6) is 0 Å². The molecule has 0 radical (unpaired) electrons. The highest BCUT2D eigenvalue weighted by molar-refractivity contribution is 5.99. The van der Waals surface area contributed by atoms with Gasteiger partial charge in [0.2, 0.25) is 0 Å². The topological polar surface area (TPSA) is 15.6 Å². The van der Waals surface area contributed by atoms with Crippen LogP contribution in [0, 0.1) is 0 Å². The van der Waals surface area contributed by atoms with Gasteiger partial charge in [0, 0.05) is 19.7 Å². The third-order valence-electron chi connectivity index (χ3n) is 2.25. The lowest BCUT2D eigenvalue weighted by atomic mass is 10.1. The van der Waals surface area contributed by atoms with E-state index < -0.39 is 0 Å². The van der Waals surface area contributed by atoms with Crippen LogP contribution in [0.25, 0.3) is 10.8 Å². The zero-order chi connectivity index (χ0) is 10.7. The minimum atomic E-state index is 1.15. The van der Waals surface area contributed by atoms with Crippen molar-refractivity contribution in [3.63, 3.8) is 0 Å². The van der Waals surface area contributed by atoms with Gasteiger partial charge in [0.15, 0.2) is 0 Å². The van der Waals surface area contributed by atoms with Gasteiger partial charge in [0.25, 0.3) is 0 Å². The monoisotopic (exact) mass is 198 g/mol. The van der Waals surface area contributed by atoms with E-state index in [1.165, 1.54) is 10.8 Å². The van der Waals surface area contributed by atoms with E-state index in [4.69, 9.17) is 0 Å². The second-order valence-electron chi connectivity index (χ2n) is 3.66. The summed E-state index contributed by atoms with van der Waals surface area (Å²) in [4.78, 5) is 0. The van der Waals surface area contributed by atoms with Gasteiger partial charge >= 0.3 is 0 Å². The summed E-state index contributed by atoms with van der Waals surface area (Å²) in [7, 11) is 3.84. The standard InChI is InChI=1S/C13H14N2/c1-15(2)14-10-12-8-5-7-11-6-3-4-9-13(11)12/h3-10H,1-2H3/b14-10-. The van der Waals surface area contributed by atoms with Gasteiger partial charge in [0.1, 0.15) is 0 Å². The zero-order valence-corrected chi connectivity index (χ0v) is 9.01. The predicted octanol–water partition coefficient (Wildman–Crippen LogP) is 2.74. The molecule has 2 rings (SSSR count). The van der Waals surface area contributed by atoms with Gasteiger partial charge in [0.05, 0.1) is 6.21 Å². The molecular weight excluding hydrogens is 184 g/mol. The summed E-state index contributed by atoms with van der Waals surface area (Å²) in [6, 6.07) is 14.6. The summed E-state index contributed by atoms with van der Waals surface area (Å²) in [5.74, 6) is 0. The third kappa shape index (κ3) is 2.15. The summed E-state index contributed by atoms with van der Waals surface area (Å²) >= 11 is 0. The first kappa shape index (κ1) is 9.71. The van der Waals surface area contributed by atoms with Crippen molar-refractivity contribution >= 4 is 17.0 Å². The molecule has 0 aromatic heterocycles. The SMILES string of the molecule is CN(C)/N=C\c1cccc2ccccc12. The van der Waals surface area contributed by atoms with Crippen molar-refractivity contribution in [2.24, 2.45) is 5.10 Å². The molecule has 0 spiro atoms.